The molecule has 3 aromatic rings. The summed E-state index contributed by atoms with van der Waals surface area (Å²) in [6.45, 7) is 3.44. The topological polar surface area (TPSA) is 77.9 Å². The van der Waals surface area contributed by atoms with Crippen LogP contribution >= 0.6 is 23.2 Å². The van der Waals surface area contributed by atoms with Crippen LogP contribution in [0.3, 0.4) is 0 Å². The van der Waals surface area contributed by atoms with E-state index < -0.39 is 0 Å². The number of piperidine rings is 1. The number of H-pyrrole nitrogens is 1. The van der Waals surface area contributed by atoms with Gasteiger partial charge < -0.3 is 15.0 Å². The van der Waals surface area contributed by atoms with E-state index >= 15 is 0 Å². The van der Waals surface area contributed by atoms with Crippen molar-refractivity contribution in [3.63, 3.8) is 0 Å². The van der Waals surface area contributed by atoms with E-state index in [0.29, 0.717) is 47.0 Å². The average molecular weight is 404 g/mol. The Kier molecular flexibility index (Phi) is 5.04. The Morgan fingerprint density at radius 1 is 1.22 bits per heavy atom. The second-order valence-electron chi connectivity index (χ2n) is 6.77. The van der Waals surface area contributed by atoms with E-state index in [-0.39, 0.29) is 12.0 Å². The molecule has 4 rings (SSSR count). The predicted molar refractivity (Wildman–Crippen MR) is 107 cm³/mol. The van der Waals surface area contributed by atoms with Gasteiger partial charge in [-0.3, -0.25) is 0 Å². The van der Waals surface area contributed by atoms with E-state index in [1.54, 1.807) is 30.7 Å². The molecule has 0 spiro atoms. The number of aromatic nitrogens is 4. The van der Waals surface area contributed by atoms with Crippen molar-refractivity contribution in [1.29, 1.82) is 0 Å². The second-order valence-corrected chi connectivity index (χ2v) is 7.62. The minimum absolute atomic E-state index is 0.162. The zero-order chi connectivity index (χ0) is 19.0. The Morgan fingerprint density at radius 2 is 2.07 bits per heavy atom. The maximum Gasteiger partial charge on any atom is 0.225 e. The molecule has 6 nitrogen and oxygen atoms in total. The molecule has 1 aromatic carbocycles. The molecule has 1 aliphatic rings. The van der Waals surface area contributed by atoms with E-state index in [9.17, 15) is 5.11 Å². The summed E-state index contributed by atoms with van der Waals surface area (Å²) in [5.41, 5.74) is 2.22. The smallest absolute Gasteiger partial charge is 0.225 e. The van der Waals surface area contributed by atoms with E-state index in [0.717, 1.165) is 11.1 Å². The molecule has 1 fully saturated rings. The lowest BCUT2D eigenvalue weighted by Crippen LogP contribution is -2.42. The van der Waals surface area contributed by atoms with Crippen LogP contribution in [0.5, 0.6) is 0 Å². The number of aliphatic hydroxyl groups is 1. The van der Waals surface area contributed by atoms with Crippen LogP contribution in [-0.4, -0.2) is 44.2 Å². The summed E-state index contributed by atoms with van der Waals surface area (Å²) in [6.07, 6.45) is 5.61. The van der Waals surface area contributed by atoms with Gasteiger partial charge >= 0.3 is 0 Å². The number of anilines is 1. The molecule has 0 unspecified atom stereocenters. The molecular weight excluding hydrogens is 385 g/mol. The number of hydrogen-bond acceptors (Lipinski definition) is 5. The number of rotatable bonds is 3. The van der Waals surface area contributed by atoms with E-state index in [1.165, 1.54) is 0 Å². The van der Waals surface area contributed by atoms with Crippen molar-refractivity contribution in [1.82, 2.24) is 19.9 Å². The summed E-state index contributed by atoms with van der Waals surface area (Å²) in [5.74, 6) is 1.45. The van der Waals surface area contributed by atoms with Crippen LogP contribution in [0.15, 0.2) is 36.8 Å². The largest absolute Gasteiger partial charge is 0.393 e. The summed E-state index contributed by atoms with van der Waals surface area (Å²) in [5, 5.41) is 11.1. The van der Waals surface area contributed by atoms with Crippen molar-refractivity contribution in [3.05, 3.63) is 46.8 Å². The van der Waals surface area contributed by atoms with Crippen molar-refractivity contribution < 1.29 is 5.11 Å². The number of halogens is 2. The van der Waals surface area contributed by atoms with Gasteiger partial charge in [-0.25, -0.2) is 15.0 Å². The van der Waals surface area contributed by atoms with Gasteiger partial charge in [-0.05, 0) is 30.5 Å². The maximum atomic E-state index is 10.00. The first-order chi connectivity index (χ1) is 13.0. The molecule has 0 radical (unpaired) electrons. The zero-order valence-corrected chi connectivity index (χ0v) is 16.2. The lowest BCUT2D eigenvalue weighted by atomic mass is 9.97. The van der Waals surface area contributed by atoms with Gasteiger partial charge in [0.25, 0.3) is 0 Å². The third-order valence-corrected chi connectivity index (χ3v) is 5.41. The van der Waals surface area contributed by atoms with Crippen LogP contribution in [0.25, 0.3) is 22.6 Å². The number of hydrogen-bond donors (Lipinski definition) is 2. The van der Waals surface area contributed by atoms with Crippen molar-refractivity contribution in [2.24, 2.45) is 5.92 Å². The van der Waals surface area contributed by atoms with E-state index in [4.69, 9.17) is 28.2 Å². The number of aromatic amines is 1. The highest BCUT2D eigenvalue weighted by molar-refractivity contribution is 6.36. The van der Waals surface area contributed by atoms with Gasteiger partial charge in [-0.15, -0.1) is 0 Å². The van der Waals surface area contributed by atoms with Gasteiger partial charge in [0, 0.05) is 42.3 Å². The van der Waals surface area contributed by atoms with Crippen molar-refractivity contribution >= 4 is 29.2 Å². The van der Waals surface area contributed by atoms with Gasteiger partial charge in [0.1, 0.15) is 5.82 Å². The van der Waals surface area contributed by atoms with Crippen LogP contribution in [-0.2, 0) is 0 Å². The lowest BCUT2D eigenvalue weighted by Gasteiger charge is -2.34. The Hall–Kier alpha value is -2.15. The molecule has 27 heavy (non-hydrogen) atoms. The van der Waals surface area contributed by atoms with Crippen LogP contribution in [0.2, 0.25) is 10.0 Å². The summed E-state index contributed by atoms with van der Waals surface area (Å²) >= 11 is 12.5. The molecule has 2 aromatic heterocycles. The highest BCUT2D eigenvalue weighted by Crippen LogP contribution is 2.35. The monoisotopic (exact) mass is 403 g/mol. The summed E-state index contributed by atoms with van der Waals surface area (Å²) in [6, 6.07) is 5.34. The van der Waals surface area contributed by atoms with Crippen LogP contribution in [0.4, 0.5) is 5.95 Å². The van der Waals surface area contributed by atoms with Crippen LogP contribution in [0.1, 0.15) is 13.3 Å². The molecule has 3 heterocycles. The lowest BCUT2D eigenvalue weighted by molar-refractivity contribution is 0.0966. The first-order valence-electron chi connectivity index (χ1n) is 8.78. The normalized spacial score (nSPS) is 20.1. The Morgan fingerprint density at radius 3 is 2.78 bits per heavy atom. The van der Waals surface area contributed by atoms with E-state index in [1.807, 2.05) is 13.0 Å². The highest BCUT2D eigenvalue weighted by atomic mass is 35.5. The van der Waals surface area contributed by atoms with Crippen LogP contribution < -0.4 is 4.90 Å². The number of nitrogens with one attached hydrogen (secondary N) is 1. The maximum absolute atomic E-state index is 10.00. The highest BCUT2D eigenvalue weighted by Gasteiger charge is 2.27. The fraction of sp³-hybridized carbons (Fsp3) is 0.316. The van der Waals surface area contributed by atoms with Gasteiger partial charge in [0.05, 0.1) is 22.4 Å². The number of imidazole rings is 1. The molecule has 0 aliphatic carbocycles. The minimum Gasteiger partial charge on any atom is -0.393 e. The molecule has 8 heteroatoms. The molecule has 2 N–H and O–H groups in total. The molecular formula is C19H19Cl2N5O. The number of benzene rings is 1. The van der Waals surface area contributed by atoms with Gasteiger partial charge in [0.15, 0.2) is 0 Å². The van der Waals surface area contributed by atoms with Gasteiger partial charge in [-0.2, -0.15) is 0 Å². The number of nitrogens with zero attached hydrogens (tertiary/aromatic N) is 4. The standard InChI is InChI=1S/C19H19Cl2N5O/c1-11-10-26(7-4-16(11)27)19-24-9-14(18-22-5-6-23-18)17(25-19)13-3-2-12(20)8-15(13)21/h2-3,5-6,8-9,11,16,27H,4,7,10H2,1H3,(H,22,23)/t11-,16+/m0/s1. The minimum atomic E-state index is -0.283. The Labute approximate surface area is 167 Å². The van der Waals surface area contributed by atoms with Gasteiger partial charge in [0.2, 0.25) is 5.95 Å². The molecule has 1 aliphatic heterocycles. The van der Waals surface area contributed by atoms with Crippen molar-refractivity contribution in [3.8, 4) is 22.6 Å². The fourth-order valence-electron chi connectivity index (χ4n) is 3.31. The third-order valence-electron chi connectivity index (χ3n) is 4.86. The predicted octanol–water partition coefficient (Wildman–Crippen LogP) is 4.05. The average Bonchev–Trinajstić information content (AvgIpc) is 3.18. The molecule has 0 saturated carbocycles. The molecule has 2 atom stereocenters. The summed E-state index contributed by atoms with van der Waals surface area (Å²) in [4.78, 5) is 18.9. The SMILES string of the molecule is C[C@H]1CN(c2ncc(-c3ncc[nH]3)c(-c3ccc(Cl)cc3Cl)n2)CC[C@H]1O. The van der Waals surface area contributed by atoms with Crippen LogP contribution in [0, 0.1) is 5.92 Å². The summed E-state index contributed by atoms with van der Waals surface area (Å²) in [7, 11) is 0. The third kappa shape index (κ3) is 3.65. The molecule has 0 bridgehead atoms. The molecule has 1 saturated heterocycles. The van der Waals surface area contributed by atoms with Gasteiger partial charge in [-0.1, -0.05) is 30.1 Å². The first-order valence-corrected chi connectivity index (χ1v) is 9.53. The van der Waals surface area contributed by atoms with Crippen molar-refractivity contribution in [2.45, 2.75) is 19.4 Å². The molecule has 0 amide bonds. The van der Waals surface area contributed by atoms with E-state index in [2.05, 4.69) is 19.9 Å². The Bertz CT molecular complexity index is 947. The number of aliphatic hydroxyl groups excluding tert-OH is 1. The second kappa shape index (κ2) is 7.46. The van der Waals surface area contributed by atoms with Crippen molar-refractivity contribution in [2.75, 3.05) is 18.0 Å². The Balaban J connectivity index is 1.81. The quantitative estimate of drug-likeness (QED) is 0.689. The zero-order valence-electron chi connectivity index (χ0n) is 14.7. The summed E-state index contributed by atoms with van der Waals surface area (Å²) < 4.78 is 0. The molecule has 140 valence electrons. The fourth-order valence-corrected chi connectivity index (χ4v) is 3.81. The first kappa shape index (κ1) is 18.2.